The summed E-state index contributed by atoms with van der Waals surface area (Å²) >= 11 is 0. The van der Waals surface area contributed by atoms with Gasteiger partial charge in [0.1, 0.15) is 11.6 Å². The molecule has 0 spiro atoms. The van der Waals surface area contributed by atoms with Gasteiger partial charge in [0.05, 0.1) is 11.3 Å². The fraction of sp³-hybridized carbons (Fsp3) is 0.234. The van der Waals surface area contributed by atoms with Crippen molar-refractivity contribution >= 4 is 10.8 Å². The van der Waals surface area contributed by atoms with Crippen molar-refractivity contribution in [3.63, 3.8) is 0 Å². The quantitative estimate of drug-likeness (QED) is 0.162. The van der Waals surface area contributed by atoms with Crippen LogP contribution in [-0.4, -0.2) is 19.6 Å². The van der Waals surface area contributed by atoms with Crippen molar-refractivity contribution < 1.29 is 25.2 Å². The van der Waals surface area contributed by atoms with Crippen LogP contribution in [0.25, 0.3) is 50.2 Å². The summed E-state index contributed by atoms with van der Waals surface area (Å²) in [4.78, 5) is 9.21. The predicted octanol–water partition coefficient (Wildman–Crippen LogP) is 12.6. The second kappa shape index (κ2) is 16.7. The molecule has 1 radical (unpaired) electrons. The minimum Gasteiger partial charge on any atom is -0.507 e. The van der Waals surface area contributed by atoms with E-state index in [0.29, 0.717) is 17.8 Å². The van der Waals surface area contributed by atoms with Crippen LogP contribution in [-0.2, 0) is 20.1 Å². The SMILES string of the molecule is CC(C)c1cc(-c2ccccc2)cc(C(C)C)c1-n1ccnc1-c1ccccc1O.Cc1[c-]c(-c2nccc3cc(C(C)C)ccc23)cc(C)c1.[Ir]. The van der Waals surface area contributed by atoms with Crippen molar-refractivity contribution in [3.8, 4) is 45.2 Å². The average molecular weight is 863 g/mol. The van der Waals surface area contributed by atoms with E-state index in [1.54, 1.807) is 12.3 Å². The standard InChI is InChI=1S/C27H28N2O.C20H20N.Ir/c1-18(2)23-16-21(20-10-6-5-7-11-20)17-24(19(3)4)26(23)29-15-14-28-27(29)22-12-8-9-13-25(22)30;1-13(2)16-5-6-19-17(12-16)7-8-21-20(19)18-10-14(3)9-15(4)11-18;/h5-19,30H,1-4H3;5-10,12-13H,1-4H3;/q;-1;. The number of imidazole rings is 1. The summed E-state index contributed by atoms with van der Waals surface area (Å²) in [5, 5.41) is 12.9. The molecule has 7 aromatic rings. The number of aromatic hydroxyl groups is 1. The Hall–Kier alpha value is -4.83. The van der Waals surface area contributed by atoms with Crippen LogP contribution in [0.2, 0.25) is 0 Å². The Morgan fingerprint density at radius 1 is 0.654 bits per heavy atom. The van der Waals surface area contributed by atoms with Gasteiger partial charge in [0, 0.05) is 38.7 Å². The Kier molecular flexibility index (Phi) is 12.3. The summed E-state index contributed by atoms with van der Waals surface area (Å²) in [5.74, 6) is 2.20. The molecule has 0 saturated heterocycles. The maximum atomic E-state index is 10.5. The number of hydrogen-bond donors (Lipinski definition) is 1. The molecule has 0 atom stereocenters. The minimum absolute atomic E-state index is 0. The Balaban J connectivity index is 0.000000209. The third-order valence-corrected chi connectivity index (χ3v) is 9.40. The van der Waals surface area contributed by atoms with Gasteiger partial charge in [0.2, 0.25) is 0 Å². The Bertz CT molecular complexity index is 2240. The van der Waals surface area contributed by atoms with E-state index in [1.807, 2.05) is 30.6 Å². The first-order chi connectivity index (χ1) is 24.5. The molecule has 0 unspecified atom stereocenters. The second-order valence-electron chi connectivity index (χ2n) is 14.4. The molecule has 0 fully saturated rings. The summed E-state index contributed by atoms with van der Waals surface area (Å²) in [6.45, 7) is 17.6. The summed E-state index contributed by atoms with van der Waals surface area (Å²) in [6.07, 6.45) is 5.70. The molecule has 1 N–H and O–H groups in total. The molecule has 5 aromatic carbocycles. The van der Waals surface area contributed by atoms with Gasteiger partial charge in [-0.1, -0.05) is 116 Å². The predicted molar refractivity (Wildman–Crippen MR) is 214 cm³/mol. The third kappa shape index (κ3) is 8.28. The molecule has 4 nitrogen and oxygen atoms in total. The molecule has 0 bridgehead atoms. The van der Waals surface area contributed by atoms with Crippen molar-refractivity contribution in [1.82, 2.24) is 14.5 Å². The van der Waals surface area contributed by atoms with Crippen molar-refractivity contribution in [2.45, 2.75) is 73.1 Å². The molecule has 0 saturated carbocycles. The van der Waals surface area contributed by atoms with E-state index in [1.165, 1.54) is 44.2 Å². The number of para-hydroxylation sites is 1. The monoisotopic (exact) mass is 863 g/mol. The van der Waals surface area contributed by atoms with Crippen LogP contribution in [0.4, 0.5) is 0 Å². The van der Waals surface area contributed by atoms with Gasteiger partial charge >= 0.3 is 0 Å². The van der Waals surface area contributed by atoms with Gasteiger partial charge in [0.15, 0.2) is 0 Å². The summed E-state index contributed by atoms with van der Waals surface area (Å²) in [6, 6.07) is 39.0. The number of fused-ring (bicyclic) bond motifs is 1. The van der Waals surface area contributed by atoms with Crippen molar-refractivity contribution in [2.75, 3.05) is 0 Å². The van der Waals surface area contributed by atoms with Gasteiger partial charge < -0.3 is 10.1 Å². The van der Waals surface area contributed by atoms with E-state index < -0.39 is 0 Å². The van der Waals surface area contributed by atoms with Gasteiger partial charge in [-0.2, -0.15) is 0 Å². The number of aryl methyl sites for hydroxylation is 2. The third-order valence-electron chi connectivity index (χ3n) is 9.40. The fourth-order valence-electron chi connectivity index (χ4n) is 6.77. The summed E-state index contributed by atoms with van der Waals surface area (Å²) in [7, 11) is 0. The number of nitrogens with zero attached hydrogens (tertiary/aromatic N) is 3. The molecule has 267 valence electrons. The molecule has 0 aliphatic rings. The van der Waals surface area contributed by atoms with Crippen molar-refractivity contribution in [3.05, 3.63) is 156 Å². The molecular formula is C47H48IrN3O-. The number of benzene rings is 5. The zero-order valence-electron chi connectivity index (χ0n) is 31.4. The zero-order valence-corrected chi connectivity index (χ0v) is 33.8. The first kappa shape index (κ1) is 38.4. The number of phenolic OH excluding ortho intramolecular Hbond substituents is 1. The topological polar surface area (TPSA) is 50.9 Å². The molecule has 2 heterocycles. The first-order valence-electron chi connectivity index (χ1n) is 18.0. The molecule has 5 heteroatoms. The second-order valence-corrected chi connectivity index (χ2v) is 14.4. The molecule has 0 aliphatic heterocycles. The minimum atomic E-state index is 0. The zero-order chi connectivity index (χ0) is 36.2. The van der Waals surface area contributed by atoms with Gasteiger partial charge in [-0.05, 0) is 92.4 Å². The van der Waals surface area contributed by atoms with Crippen LogP contribution in [0.15, 0.2) is 122 Å². The Morgan fingerprint density at radius 2 is 1.33 bits per heavy atom. The molecule has 0 aliphatic carbocycles. The molecule has 2 aromatic heterocycles. The van der Waals surface area contributed by atoms with Gasteiger partial charge in [0.25, 0.3) is 0 Å². The van der Waals surface area contributed by atoms with E-state index in [4.69, 9.17) is 0 Å². The molecule has 0 amide bonds. The van der Waals surface area contributed by atoms with Crippen LogP contribution in [0.5, 0.6) is 5.75 Å². The normalized spacial score (nSPS) is 11.1. The smallest absolute Gasteiger partial charge is 0.148 e. The Labute approximate surface area is 323 Å². The van der Waals surface area contributed by atoms with Crippen molar-refractivity contribution in [2.24, 2.45) is 0 Å². The number of rotatable bonds is 7. The largest absolute Gasteiger partial charge is 0.507 e. The van der Waals surface area contributed by atoms with Crippen LogP contribution in [0, 0.1) is 19.9 Å². The van der Waals surface area contributed by atoms with Gasteiger partial charge in [-0.15, -0.1) is 34.9 Å². The summed E-state index contributed by atoms with van der Waals surface area (Å²) in [5.41, 5.74) is 12.8. The molecule has 7 rings (SSSR count). The van der Waals surface area contributed by atoms with Gasteiger partial charge in [-0.25, -0.2) is 4.98 Å². The van der Waals surface area contributed by atoms with Crippen LogP contribution < -0.4 is 0 Å². The maximum absolute atomic E-state index is 10.5. The summed E-state index contributed by atoms with van der Waals surface area (Å²) < 4.78 is 2.13. The van der Waals surface area contributed by atoms with E-state index >= 15 is 0 Å². The number of pyridine rings is 1. The molecular weight excluding hydrogens is 815 g/mol. The number of hydrogen-bond acceptors (Lipinski definition) is 3. The van der Waals surface area contributed by atoms with E-state index in [2.05, 4.69) is 155 Å². The van der Waals surface area contributed by atoms with E-state index in [9.17, 15) is 5.11 Å². The first-order valence-corrected chi connectivity index (χ1v) is 18.0. The van der Waals surface area contributed by atoms with Crippen molar-refractivity contribution in [1.29, 1.82) is 0 Å². The average Bonchev–Trinajstić information content (AvgIpc) is 3.60. The van der Waals surface area contributed by atoms with Gasteiger partial charge in [-0.3, -0.25) is 4.57 Å². The van der Waals surface area contributed by atoms with E-state index in [0.717, 1.165) is 33.9 Å². The van der Waals surface area contributed by atoms with E-state index in [-0.39, 0.29) is 25.9 Å². The van der Waals surface area contributed by atoms with Crippen LogP contribution in [0.3, 0.4) is 0 Å². The van der Waals surface area contributed by atoms with Crippen LogP contribution >= 0.6 is 0 Å². The number of phenols is 1. The Morgan fingerprint density at radius 3 is 1.96 bits per heavy atom. The number of aromatic nitrogens is 3. The maximum Gasteiger partial charge on any atom is 0.148 e. The van der Waals surface area contributed by atoms with Crippen LogP contribution in [0.1, 0.15) is 87.1 Å². The molecule has 52 heavy (non-hydrogen) atoms. The fourth-order valence-corrected chi connectivity index (χ4v) is 6.77.